The zero-order chi connectivity index (χ0) is 9.14. The van der Waals surface area contributed by atoms with E-state index in [1.165, 1.54) is 6.08 Å². The molecule has 4 heteroatoms. The fraction of sp³-hybridized carbons (Fsp3) is 0.500. The molecule has 0 radical (unpaired) electrons. The molecule has 1 aliphatic rings. The van der Waals surface area contributed by atoms with Gasteiger partial charge in [0.15, 0.2) is 0 Å². The van der Waals surface area contributed by atoms with Crippen molar-refractivity contribution < 1.29 is 21.2 Å². The molecule has 0 aromatic carbocycles. The molecule has 2 N–H and O–H groups in total. The molecule has 12 heavy (non-hydrogen) atoms. The SMILES string of the molecule is O=C(O)C1C=CCCC1C(=O)O.[HH]. The molecule has 0 fully saturated rings. The first kappa shape index (κ1) is 8.77. The molecule has 68 valence electrons. The summed E-state index contributed by atoms with van der Waals surface area (Å²) in [6.45, 7) is 0. The fourth-order valence-electron chi connectivity index (χ4n) is 1.36. The molecule has 0 amide bonds. The second kappa shape index (κ2) is 3.38. The zero-order valence-corrected chi connectivity index (χ0v) is 6.43. The lowest BCUT2D eigenvalue weighted by atomic mass is 9.84. The molecular weight excluding hydrogens is 160 g/mol. The number of hydrogen-bond donors (Lipinski definition) is 2. The second-order valence-electron chi connectivity index (χ2n) is 2.81. The van der Waals surface area contributed by atoms with Gasteiger partial charge < -0.3 is 10.2 Å². The van der Waals surface area contributed by atoms with Crippen molar-refractivity contribution in [2.45, 2.75) is 12.8 Å². The van der Waals surface area contributed by atoms with E-state index in [9.17, 15) is 9.59 Å². The minimum atomic E-state index is -1.06. The number of aliphatic carboxylic acids is 2. The van der Waals surface area contributed by atoms with Gasteiger partial charge in [-0.2, -0.15) is 0 Å². The van der Waals surface area contributed by atoms with Gasteiger partial charge in [0.25, 0.3) is 0 Å². The summed E-state index contributed by atoms with van der Waals surface area (Å²) in [6, 6.07) is 0. The van der Waals surface area contributed by atoms with E-state index in [4.69, 9.17) is 10.2 Å². The van der Waals surface area contributed by atoms with Gasteiger partial charge in [-0.25, -0.2) is 0 Å². The van der Waals surface area contributed by atoms with Gasteiger partial charge in [-0.3, -0.25) is 9.59 Å². The third kappa shape index (κ3) is 1.64. The Morgan fingerprint density at radius 2 is 2.00 bits per heavy atom. The van der Waals surface area contributed by atoms with E-state index in [1.54, 1.807) is 6.08 Å². The van der Waals surface area contributed by atoms with Crippen LogP contribution in [0.5, 0.6) is 0 Å². The van der Waals surface area contributed by atoms with Gasteiger partial charge in [0.05, 0.1) is 11.8 Å². The lowest BCUT2D eigenvalue weighted by Crippen LogP contribution is -2.30. The van der Waals surface area contributed by atoms with Gasteiger partial charge in [-0.05, 0) is 12.8 Å². The normalized spacial score (nSPS) is 28.3. The summed E-state index contributed by atoms with van der Waals surface area (Å²) in [4.78, 5) is 21.1. The van der Waals surface area contributed by atoms with Crippen molar-refractivity contribution in [2.24, 2.45) is 11.8 Å². The third-order valence-electron chi connectivity index (χ3n) is 2.02. The van der Waals surface area contributed by atoms with Crippen LogP contribution in [0.4, 0.5) is 0 Å². The van der Waals surface area contributed by atoms with E-state index in [-0.39, 0.29) is 1.43 Å². The minimum Gasteiger partial charge on any atom is -0.481 e. The summed E-state index contributed by atoms with van der Waals surface area (Å²) < 4.78 is 0. The maximum Gasteiger partial charge on any atom is 0.311 e. The van der Waals surface area contributed by atoms with Gasteiger partial charge in [-0.1, -0.05) is 12.2 Å². The lowest BCUT2D eigenvalue weighted by molar-refractivity contribution is -0.152. The van der Waals surface area contributed by atoms with Gasteiger partial charge >= 0.3 is 11.9 Å². The van der Waals surface area contributed by atoms with Gasteiger partial charge in [-0.15, -0.1) is 0 Å². The molecule has 0 aromatic heterocycles. The Morgan fingerprint density at radius 3 is 2.42 bits per heavy atom. The molecule has 0 bridgehead atoms. The summed E-state index contributed by atoms with van der Waals surface area (Å²) >= 11 is 0. The predicted octanol–water partition coefficient (Wildman–Crippen LogP) is 0.984. The van der Waals surface area contributed by atoms with Crippen molar-refractivity contribution in [3.8, 4) is 0 Å². The van der Waals surface area contributed by atoms with E-state index < -0.39 is 23.8 Å². The fourth-order valence-corrected chi connectivity index (χ4v) is 1.36. The summed E-state index contributed by atoms with van der Waals surface area (Å²) in [5.41, 5.74) is 0. The van der Waals surface area contributed by atoms with Crippen molar-refractivity contribution >= 4 is 11.9 Å². The molecule has 0 saturated carbocycles. The Labute approximate surface area is 71.0 Å². The van der Waals surface area contributed by atoms with Crippen molar-refractivity contribution in [1.29, 1.82) is 0 Å². The lowest BCUT2D eigenvalue weighted by Gasteiger charge is -2.19. The van der Waals surface area contributed by atoms with Gasteiger partial charge in [0.2, 0.25) is 0 Å². The minimum absolute atomic E-state index is 0. The maximum atomic E-state index is 10.6. The smallest absolute Gasteiger partial charge is 0.311 e. The molecule has 1 rings (SSSR count). The van der Waals surface area contributed by atoms with Gasteiger partial charge in [0.1, 0.15) is 0 Å². The summed E-state index contributed by atoms with van der Waals surface area (Å²) in [7, 11) is 0. The number of carbonyl (C=O) groups is 2. The number of allylic oxidation sites excluding steroid dienone is 1. The first-order chi connectivity index (χ1) is 5.63. The molecule has 0 aliphatic heterocycles. The summed E-state index contributed by atoms with van der Waals surface area (Å²) in [5.74, 6) is -3.69. The first-order valence-electron chi connectivity index (χ1n) is 3.75. The molecule has 0 aromatic rings. The molecule has 1 aliphatic carbocycles. The molecular formula is C8H12O4. The molecule has 0 saturated heterocycles. The highest BCUT2D eigenvalue weighted by Gasteiger charge is 2.32. The van der Waals surface area contributed by atoms with Crippen molar-refractivity contribution in [1.82, 2.24) is 0 Å². The highest BCUT2D eigenvalue weighted by atomic mass is 16.4. The molecule has 2 unspecified atom stereocenters. The maximum absolute atomic E-state index is 10.6. The zero-order valence-electron chi connectivity index (χ0n) is 6.43. The van der Waals surface area contributed by atoms with Crippen LogP contribution >= 0.6 is 0 Å². The van der Waals surface area contributed by atoms with Crippen molar-refractivity contribution in [3.05, 3.63) is 12.2 Å². The van der Waals surface area contributed by atoms with Crippen LogP contribution in [0.1, 0.15) is 14.3 Å². The summed E-state index contributed by atoms with van der Waals surface area (Å²) in [6.07, 6.45) is 4.26. The Balaban J connectivity index is 0.00000144. The van der Waals surface area contributed by atoms with Crippen LogP contribution in [-0.2, 0) is 9.59 Å². The van der Waals surface area contributed by atoms with Crippen molar-refractivity contribution in [2.75, 3.05) is 0 Å². The van der Waals surface area contributed by atoms with Crippen LogP contribution in [0.3, 0.4) is 0 Å². The van der Waals surface area contributed by atoms with Crippen LogP contribution in [0.25, 0.3) is 0 Å². The molecule has 2 atom stereocenters. The highest BCUT2D eigenvalue weighted by Crippen LogP contribution is 2.24. The molecule has 0 heterocycles. The number of rotatable bonds is 2. The highest BCUT2D eigenvalue weighted by molar-refractivity contribution is 5.81. The average molecular weight is 172 g/mol. The van der Waals surface area contributed by atoms with E-state index in [0.29, 0.717) is 12.8 Å². The van der Waals surface area contributed by atoms with E-state index >= 15 is 0 Å². The van der Waals surface area contributed by atoms with E-state index in [2.05, 4.69) is 0 Å². The van der Waals surface area contributed by atoms with Crippen LogP contribution in [0, 0.1) is 11.8 Å². The number of carboxylic acids is 2. The van der Waals surface area contributed by atoms with E-state index in [1.807, 2.05) is 0 Å². The van der Waals surface area contributed by atoms with Crippen LogP contribution in [0.2, 0.25) is 0 Å². The topological polar surface area (TPSA) is 74.6 Å². The number of carboxylic acid groups (broad SMARTS) is 2. The monoisotopic (exact) mass is 172 g/mol. The molecule has 4 nitrogen and oxygen atoms in total. The largest absolute Gasteiger partial charge is 0.481 e. The van der Waals surface area contributed by atoms with Gasteiger partial charge in [0, 0.05) is 1.43 Å². The summed E-state index contributed by atoms with van der Waals surface area (Å²) in [5, 5.41) is 17.3. The Bertz CT molecular complexity index is 236. The third-order valence-corrected chi connectivity index (χ3v) is 2.02. The molecule has 0 spiro atoms. The Morgan fingerprint density at radius 1 is 1.33 bits per heavy atom. The first-order valence-corrected chi connectivity index (χ1v) is 3.75. The van der Waals surface area contributed by atoms with E-state index in [0.717, 1.165) is 0 Å². The standard InChI is InChI=1S/C8H10O4.H2/c9-7(10)5-3-1-2-4-6(5)8(11)12;/h1,3,5-6H,2,4H2,(H,9,10)(H,11,12);1H. The average Bonchev–Trinajstić information content (AvgIpc) is 2.04. The predicted molar refractivity (Wildman–Crippen MR) is 42.7 cm³/mol. The quantitative estimate of drug-likeness (QED) is 0.609. The van der Waals surface area contributed by atoms with Crippen LogP contribution < -0.4 is 0 Å². The Kier molecular flexibility index (Phi) is 2.47. The number of hydrogen-bond acceptors (Lipinski definition) is 2. The van der Waals surface area contributed by atoms with Crippen molar-refractivity contribution in [3.63, 3.8) is 0 Å². The van der Waals surface area contributed by atoms with Crippen LogP contribution in [0.15, 0.2) is 12.2 Å². The van der Waals surface area contributed by atoms with Crippen LogP contribution in [-0.4, -0.2) is 22.2 Å². The Hall–Kier alpha value is -1.32. The second-order valence-corrected chi connectivity index (χ2v) is 2.81.